The number of aromatic carboxylic acids is 1. The molecule has 1 aliphatic heterocycles. The van der Waals surface area contributed by atoms with Gasteiger partial charge in [0.2, 0.25) is 0 Å². The minimum atomic E-state index is -0.849. The van der Waals surface area contributed by atoms with Gasteiger partial charge in [-0.1, -0.05) is 19.8 Å². The first-order chi connectivity index (χ1) is 9.13. The van der Waals surface area contributed by atoms with Crippen LogP contribution in [-0.4, -0.2) is 23.7 Å². The van der Waals surface area contributed by atoms with Crippen LogP contribution >= 0.6 is 0 Å². The maximum absolute atomic E-state index is 11.0. The van der Waals surface area contributed by atoms with E-state index in [2.05, 4.69) is 11.8 Å². The van der Waals surface area contributed by atoms with Gasteiger partial charge < -0.3 is 10.0 Å². The Morgan fingerprint density at radius 1 is 1.37 bits per heavy atom. The second-order valence-electron chi connectivity index (χ2n) is 5.41. The van der Waals surface area contributed by atoms with Gasteiger partial charge in [-0.2, -0.15) is 0 Å². The number of hydrogen-bond acceptors (Lipinski definition) is 2. The Hall–Kier alpha value is -1.51. The van der Waals surface area contributed by atoms with Gasteiger partial charge in [-0.05, 0) is 49.9 Å². The van der Waals surface area contributed by atoms with E-state index in [4.69, 9.17) is 5.11 Å². The molecule has 1 saturated heterocycles. The lowest BCUT2D eigenvalue weighted by atomic mass is 10.0. The minimum absolute atomic E-state index is 0.379. The first-order valence-electron chi connectivity index (χ1n) is 7.24. The summed E-state index contributed by atoms with van der Waals surface area (Å²) < 4.78 is 0. The molecule has 0 aromatic heterocycles. The molecule has 1 aromatic carbocycles. The molecule has 3 heteroatoms. The molecule has 1 unspecified atom stereocenters. The normalized spacial score (nSPS) is 20.1. The number of anilines is 1. The van der Waals surface area contributed by atoms with Crippen molar-refractivity contribution in [1.29, 1.82) is 0 Å². The van der Waals surface area contributed by atoms with Gasteiger partial charge in [-0.15, -0.1) is 0 Å². The summed E-state index contributed by atoms with van der Waals surface area (Å²) in [6.07, 6.45) is 6.24. The number of benzene rings is 1. The molecule has 1 atom stereocenters. The number of aryl methyl sites for hydroxylation is 1. The molecular formula is C16H23NO2. The average Bonchev–Trinajstić information content (AvgIpc) is 2.63. The lowest BCUT2D eigenvalue weighted by molar-refractivity contribution is 0.0697. The van der Waals surface area contributed by atoms with Crippen LogP contribution in [0, 0.1) is 6.92 Å². The Bertz CT molecular complexity index is 456. The molecule has 1 heterocycles. The Labute approximate surface area is 115 Å². The maximum atomic E-state index is 11.0. The Morgan fingerprint density at radius 2 is 2.16 bits per heavy atom. The van der Waals surface area contributed by atoms with Crippen LogP contribution in [0.1, 0.15) is 54.9 Å². The fourth-order valence-corrected chi connectivity index (χ4v) is 3.03. The van der Waals surface area contributed by atoms with Crippen molar-refractivity contribution < 1.29 is 9.90 Å². The minimum Gasteiger partial charge on any atom is -0.478 e. The summed E-state index contributed by atoms with van der Waals surface area (Å²) in [7, 11) is 0. The summed E-state index contributed by atoms with van der Waals surface area (Å²) >= 11 is 0. The summed E-state index contributed by atoms with van der Waals surface area (Å²) in [6, 6.07) is 6.08. The Kier molecular flexibility index (Phi) is 4.46. The van der Waals surface area contributed by atoms with E-state index in [9.17, 15) is 4.79 Å². The molecule has 1 fully saturated rings. The van der Waals surface area contributed by atoms with Gasteiger partial charge in [-0.25, -0.2) is 4.79 Å². The summed E-state index contributed by atoms with van der Waals surface area (Å²) in [5.41, 5.74) is 2.66. The van der Waals surface area contributed by atoms with Crippen LogP contribution in [0.5, 0.6) is 0 Å². The van der Waals surface area contributed by atoms with Crippen LogP contribution in [0.4, 0.5) is 5.69 Å². The van der Waals surface area contributed by atoms with Gasteiger partial charge in [0.25, 0.3) is 0 Å². The summed E-state index contributed by atoms with van der Waals surface area (Å²) in [5.74, 6) is -0.849. The zero-order valence-electron chi connectivity index (χ0n) is 11.9. The second kappa shape index (κ2) is 6.09. The average molecular weight is 261 g/mol. The van der Waals surface area contributed by atoms with E-state index in [0.717, 1.165) is 18.5 Å². The molecule has 0 aliphatic carbocycles. The molecule has 0 spiro atoms. The standard InChI is InChI=1S/C16H23NO2/c1-3-14-7-5-4-6-10-17(14)15-9-8-13(16(18)19)11-12(15)2/h8-9,11,14H,3-7,10H2,1-2H3,(H,18,19). The molecule has 0 radical (unpaired) electrons. The summed E-state index contributed by atoms with van der Waals surface area (Å²) in [5, 5.41) is 9.04. The molecule has 3 nitrogen and oxygen atoms in total. The molecule has 1 N–H and O–H groups in total. The third-order valence-corrected chi connectivity index (χ3v) is 4.10. The zero-order valence-corrected chi connectivity index (χ0v) is 11.9. The third kappa shape index (κ3) is 3.09. The monoisotopic (exact) mass is 261 g/mol. The van der Waals surface area contributed by atoms with Crippen molar-refractivity contribution in [3.63, 3.8) is 0 Å². The second-order valence-corrected chi connectivity index (χ2v) is 5.41. The van der Waals surface area contributed by atoms with Gasteiger partial charge in [0.05, 0.1) is 5.56 Å². The van der Waals surface area contributed by atoms with Crippen LogP contribution < -0.4 is 4.90 Å². The van der Waals surface area contributed by atoms with Crippen LogP contribution in [0.3, 0.4) is 0 Å². The van der Waals surface area contributed by atoms with Crippen molar-refractivity contribution >= 4 is 11.7 Å². The van der Waals surface area contributed by atoms with Gasteiger partial charge in [0.15, 0.2) is 0 Å². The van der Waals surface area contributed by atoms with Crippen LogP contribution in [0.25, 0.3) is 0 Å². The molecule has 1 aliphatic rings. The summed E-state index contributed by atoms with van der Waals surface area (Å²) in [4.78, 5) is 13.5. The highest BCUT2D eigenvalue weighted by molar-refractivity contribution is 5.88. The molecule has 0 amide bonds. The predicted octanol–water partition coefficient (Wildman–Crippen LogP) is 3.85. The van der Waals surface area contributed by atoms with E-state index >= 15 is 0 Å². The third-order valence-electron chi connectivity index (χ3n) is 4.10. The van der Waals surface area contributed by atoms with E-state index in [0.29, 0.717) is 11.6 Å². The molecule has 19 heavy (non-hydrogen) atoms. The van der Waals surface area contributed by atoms with E-state index in [-0.39, 0.29) is 0 Å². The molecule has 0 bridgehead atoms. The molecule has 104 valence electrons. The smallest absolute Gasteiger partial charge is 0.335 e. The zero-order chi connectivity index (χ0) is 13.8. The van der Waals surface area contributed by atoms with E-state index < -0.39 is 5.97 Å². The topological polar surface area (TPSA) is 40.5 Å². The molecular weight excluding hydrogens is 238 g/mol. The predicted molar refractivity (Wildman–Crippen MR) is 78.0 cm³/mol. The first kappa shape index (κ1) is 13.9. The summed E-state index contributed by atoms with van der Waals surface area (Å²) in [6.45, 7) is 5.34. The highest BCUT2D eigenvalue weighted by atomic mass is 16.4. The van der Waals surface area contributed by atoms with Crippen molar-refractivity contribution in [3.8, 4) is 0 Å². The number of hydrogen-bond donors (Lipinski definition) is 1. The van der Waals surface area contributed by atoms with E-state index in [1.165, 1.54) is 31.4 Å². The van der Waals surface area contributed by atoms with Crippen molar-refractivity contribution in [3.05, 3.63) is 29.3 Å². The number of carbonyl (C=O) groups is 1. The fourth-order valence-electron chi connectivity index (χ4n) is 3.03. The molecule has 1 aromatic rings. The number of carboxylic acids is 1. The van der Waals surface area contributed by atoms with Crippen molar-refractivity contribution in [2.45, 2.75) is 52.0 Å². The Balaban J connectivity index is 2.30. The van der Waals surface area contributed by atoms with E-state index in [1.54, 1.807) is 12.1 Å². The van der Waals surface area contributed by atoms with Crippen molar-refractivity contribution in [1.82, 2.24) is 0 Å². The lowest BCUT2D eigenvalue weighted by Crippen LogP contribution is -2.34. The van der Waals surface area contributed by atoms with Crippen molar-refractivity contribution in [2.24, 2.45) is 0 Å². The molecule has 2 rings (SSSR count). The van der Waals surface area contributed by atoms with E-state index in [1.807, 2.05) is 13.0 Å². The van der Waals surface area contributed by atoms with Crippen LogP contribution in [0.2, 0.25) is 0 Å². The quantitative estimate of drug-likeness (QED) is 0.898. The Morgan fingerprint density at radius 3 is 2.79 bits per heavy atom. The highest BCUT2D eigenvalue weighted by Gasteiger charge is 2.21. The lowest BCUT2D eigenvalue weighted by Gasteiger charge is -2.32. The van der Waals surface area contributed by atoms with Gasteiger partial charge in [-0.3, -0.25) is 0 Å². The fraction of sp³-hybridized carbons (Fsp3) is 0.562. The number of rotatable bonds is 3. The maximum Gasteiger partial charge on any atom is 0.335 e. The van der Waals surface area contributed by atoms with Gasteiger partial charge in [0, 0.05) is 18.3 Å². The first-order valence-corrected chi connectivity index (χ1v) is 7.24. The van der Waals surface area contributed by atoms with Crippen LogP contribution in [-0.2, 0) is 0 Å². The van der Waals surface area contributed by atoms with Crippen LogP contribution in [0.15, 0.2) is 18.2 Å². The number of nitrogens with zero attached hydrogens (tertiary/aromatic N) is 1. The van der Waals surface area contributed by atoms with Gasteiger partial charge >= 0.3 is 5.97 Å². The largest absolute Gasteiger partial charge is 0.478 e. The van der Waals surface area contributed by atoms with Crippen molar-refractivity contribution in [2.75, 3.05) is 11.4 Å². The van der Waals surface area contributed by atoms with Gasteiger partial charge in [0.1, 0.15) is 0 Å². The number of carboxylic acid groups (broad SMARTS) is 1. The molecule has 0 saturated carbocycles. The highest BCUT2D eigenvalue weighted by Crippen LogP contribution is 2.29. The SMILES string of the molecule is CCC1CCCCCN1c1ccc(C(=O)O)cc1C.